The van der Waals surface area contributed by atoms with Gasteiger partial charge in [0.15, 0.2) is 0 Å². The van der Waals surface area contributed by atoms with Crippen LogP contribution in [0, 0.1) is 0 Å². The highest BCUT2D eigenvalue weighted by molar-refractivity contribution is 6.39. The van der Waals surface area contributed by atoms with Crippen LogP contribution in [0.1, 0.15) is 33.6 Å². The first-order valence-corrected chi connectivity index (χ1v) is 19.7. The summed E-state index contributed by atoms with van der Waals surface area (Å²) in [7, 11) is 0. The van der Waals surface area contributed by atoms with Crippen LogP contribution in [0.25, 0.3) is 22.3 Å². The third-order valence-corrected chi connectivity index (χ3v) is 11.2. The molecule has 57 heavy (non-hydrogen) atoms. The minimum atomic E-state index is 0.595. The molecule has 0 radical (unpaired) electrons. The number of H-pyrrole nitrogens is 3. The second kappa shape index (κ2) is 15.8. The van der Waals surface area contributed by atoms with E-state index in [1.807, 2.05) is 170 Å². The quantitative estimate of drug-likeness (QED) is 0.137. The van der Waals surface area contributed by atoms with Crippen molar-refractivity contribution in [3.05, 3.63) is 246 Å². The van der Waals surface area contributed by atoms with E-state index in [-0.39, 0.29) is 0 Å². The summed E-state index contributed by atoms with van der Waals surface area (Å²) in [6, 6.07) is 43.2. The van der Waals surface area contributed by atoms with Crippen LogP contribution in [0.15, 0.2) is 192 Å². The molecule has 0 spiro atoms. The van der Waals surface area contributed by atoms with Gasteiger partial charge in [0.25, 0.3) is 0 Å². The van der Waals surface area contributed by atoms with Crippen molar-refractivity contribution in [2.24, 2.45) is 9.98 Å². The summed E-state index contributed by atoms with van der Waals surface area (Å²) in [5.74, 6) is 0. The van der Waals surface area contributed by atoms with Gasteiger partial charge in [-0.3, -0.25) is 0 Å². The summed E-state index contributed by atoms with van der Waals surface area (Å²) in [4.78, 5) is 21.0. The maximum atomic E-state index is 6.97. The maximum Gasteiger partial charge on any atom is 0.0737 e. The Balaban J connectivity index is 1.29. The van der Waals surface area contributed by atoms with E-state index in [2.05, 4.69) is 15.0 Å². The first-order valence-electron chi connectivity index (χ1n) is 18.2. The molecule has 3 N–H and O–H groups in total. The molecular weight excluding hydrogens is 788 g/mol. The van der Waals surface area contributed by atoms with E-state index in [0.29, 0.717) is 20.1 Å². The molecule has 0 bridgehead atoms. The Morgan fingerprint density at radius 3 is 1.05 bits per heavy atom. The molecule has 0 fully saturated rings. The van der Waals surface area contributed by atoms with E-state index in [0.717, 1.165) is 89.4 Å². The van der Waals surface area contributed by atoms with Gasteiger partial charge in [-0.2, -0.15) is 0 Å². The van der Waals surface area contributed by atoms with E-state index < -0.39 is 0 Å². The average Bonchev–Trinajstić information content (AvgIpc) is 4.08. The predicted octanol–water partition coefficient (Wildman–Crippen LogP) is 11.6. The van der Waals surface area contributed by atoms with Crippen molar-refractivity contribution < 1.29 is 0 Å². The number of halogens is 4. The van der Waals surface area contributed by atoms with Crippen LogP contribution < -0.4 is 10.7 Å². The lowest BCUT2D eigenvalue weighted by Gasteiger charge is -2.11. The second-order valence-electron chi connectivity index (χ2n) is 13.3. The molecule has 9 heteroatoms. The smallest absolute Gasteiger partial charge is 0.0737 e. The van der Waals surface area contributed by atoms with Crippen LogP contribution in [0.3, 0.4) is 0 Å². The highest BCUT2D eigenvalue weighted by Gasteiger charge is 2.23. The zero-order chi connectivity index (χ0) is 38.9. The zero-order valence-electron chi connectivity index (χ0n) is 30.1. The molecule has 7 aromatic rings. The third-order valence-electron chi connectivity index (χ3n) is 9.84. The molecule has 5 nitrogen and oxygen atoms in total. The number of hydrogen-bond donors (Lipinski definition) is 3. The normalized spacial score (nSPS) is 16.4. The first kappa shape index (κ1) is 36.6. The molecule has 9 rings (SSSR count). The van der Waals surface area contributed by atoms with Crippen LogP contribution in [0.4, 0.5) is 0 Å². The van der Waals surface area contributed by atoms with Crippen molar-refractivity contribution in [2.75, 3.05) is 0 Å². The van der Waals surface area contributed by atoms with Gasteiger partial charge in [-0.15, -0.1) is 0 Å². The van der Waals surface area contributed by atoms with Crippen molar-refractivity contribution in [1.29, 1.82) is 0 Å². The van der Waals surface area contributed by atoms with E-state index in [4.69, 9.17) is 56.4 Å². The molecule has 0 saturated carbocycles. The molecule has 2 aliphatic rings. The van der Waals surface area contributed by atoms with Crippen LogP contribution in [0.2, 0.25) is 20.1 Å². The summed E-state index contributed by atoms with van der Waals surface area (Å²) in [6.45, 7) is 0. The number of nitrogens with one attached hydrogen (secondary N) is 3. The van der Waals surface area contributed by atoms with Crippen molar-refractivity contribution in [3.63, 3.8) is 0 Å². The zero-order valence-corrected chi connectivity index (χ0v) is 33.1. The number of aromatic nitrogens is 3. The largest absolute Gasteiger partial charge is 0.361 e. The Labute approximate surface area is 349 Å². The number of aromatic amines is 3. The number of nitrogens with zero attached hydrogens (tertiary/aromatic N) is 2. The number of benzene rings is 4. The van der Waals surface area contributed by atoms with Gasteiger partial charge in [0.1, 0.15) is 0 Å². The van der Waals surface area contributed by atoms with Crippen molar-refractivity contribution in [2.45, 2.75) is 0 Å². The minimum Gasteiger partial charge on any atom is -0.361 e. The highest BCUT2D eigenvalue weighted by atomic mass is 35.5. The topological polar surface area (TPSA) is 72.1 Å². The van der Waals surface area contributed by atoms with Gasteiger partial charge >= 0.3 is 0 Å². The summed E-state index contributed by atoms with van der Waals surface area (Å²) in [6.07, 6.45) is 11.9. The lowest BCUT2D eigenvalue weighted by atomic mass is 10.0. The van der Waals surface area contributed by atoms with E-state index in [9.17, 15) is 0 Å². The summed E-state index contributed by atoms with van der Waals surface area (Å²) < 4.78 is 0. The van der Waals surface area contributed by atoms with E-state index in [1.165, 1.54) is 0 Å². The molecule has 0 unspecified atom stereocenters. The Morgan fingerprint density at radius 1 is 0.368 bits per heavy atom. The van der Waals surface area contributed by atoms with Gasteiger partial charge in [-0.1, -0.05) is 119 Å². The predicted molar refractivity (Wildman–Crippen MR) is 238 cm³/mol. The average molecular weight is 820 g/mol. The molecule has 0 saturated heterocycles. The molecule has 0 atom stereocenters. The standard InChI is InChI=1S/C48H31Cl4N5/c49-33-15-5-1-11-29(33)45(37-19-9-27-53-37)39-21-23-41(55-39)47(31-13-3-7-17-35(31)51)43-25-26-44(57-43)48(32-14-4-8-18-36(32)52)42-24-22-40(56-42)46(38-20-10-28-54-38)30-12-2-6-16-34(30)50/h1-28,53-54,57H/b45-39-,46-40+,47-43-,48-44-. The molecule has 2 aliphatic heterocycles. The van der Waals surface area contributed by atoms with Gasteiger partial charge in [-0.05, 0) is 85.0 Å². The molecular formula is C48H31Cl4N5. The second-order valence-corrected chi connectivity index (χ2v) is 14.9. The Hall–Kier alpha value is -6.08. The highest BCUT2D eigenvalue weighted by Crippen LogP contribution is 2.37. The SMILES string of the molecule is Clc1ccccc1/C(=C1\C=CC(C(/c2ccccc2Cl)=c2/cc/c(=C(C3=N/C(=C(/c4ccc[nH]4)c4ccccc4Cl)C=C3)\c3ccccc3Cl)[nH]2)=N1)c1ccc[nH]1. The number of hydrogen-bond acceptors (Lipinski definition) is 2. The van der Waals surface area contributed by atoms with Crippen LogP contribution in [-0.2, 0) is 0 Å². The number of aliphatic imine (C=N–C) groups is 2. The monoisotopic (exact) mass is 817 g/mol. The van der Waals surface area contributed by atoms with Gasteiger partial charge in [0.2, 0.25) is 0 Å². The van der Waals surface area contributed by atoms with Crippen molar-refractivity contribution >= 4 is 80.1 Å². The summed E-state index contributed by atoms with van der Waals surface area (Å²) in [5.41, 5.74) is 11.7. The molecule has 5 heterocycles. The lowest BCUT2D eigenvalue weighted by Crippen LogP contribution is -2.21. The Kier molecular flexibility index (Phi) is 10.1. The molecule has 3 aromatic heterocycles. The fourth-order valence-electron chi connectivity index (χ4n) is 7.28. The first-order chi connectivity index (χ1) is 27.9. The lowest BCUT2D eigenvalue weighted by molar-refractivity contribution is 1.25. The van der Waals surface area contributed by atoms with Crippen LogP contribution in [0.5, 0.6) is 0 Å². The van der Waals surface area contributed by atoms with Crippen LogP contribution in [-0.4, -0.2) is 26.4 Å². The Morgan fingerprint density at radius 2 is 0.719 bits per heavy atom. The number of allylic oxidation sites excluding steroid dienone is 4. The molecule has 0 amide bonds. The maximum absolute atomic E-state index is 6.97. The van der Waals surface area contributed by atoms with Gasteiger partial charge in [-0.25, -0.2) is 9.98 Å². The Bertz CT molecular complexity index is 2790. The van der Waals surface area contributed by atoms with Crippen molar-refractivity contribution in [1.82, 2.24) is 15.0 Å². The van der Waals surface area contributed by atoms with E-state index in [1.54, 1.807) is 0 Å². The summed E-state index contributed by atoms with van der Waals surface area (Å²) >= 11 is 27.5. The van der Waals surface area contributed by atoms with Gasteiger partial charge < -0.3 is 15.0 Å². The minimum absolute atomic E-state index is 0.595. The van der Waals surface area contributed by atoms with Gasteiger partial charge in [0, 0.05) is 99.1 Å². The van der Waals surface area contributed by atoms with E-state index >= 15 is 0 Å². The third kappa shape index (κ3) is 7.12. The molecule has 0 aliphatic carbocycles. The number of rotatable bonds is 8. The van der Waals surface area contributed by atoms with Crippen molar-refractivity contribution in [3.8, 4) is 0 Å². The summed E-state index contributed by atoms with van der Waals surface area (Å²) in [5, 5.41) is 4.08. The molecule has 276 valence electrons. The fourth-order valence-corrected chi connectivity index (χ4v) is 8.20. The van der Waals surface area contributed by atoms with Crippen LogP contribution >= 0.6 is 46.4 Å². The van der Waals surface area contributed by atoms with Gasteiger partial charge in [0.05, 0.1) is 22.8 Å². The fraction of sp³-hybridized carbons (Fsp3) is 0. The molecule has 4 aromatic carbocycles.